The van der Waals surface area contributed by atoms with Crippen LogP contribution in [0.1, 0.15) is 27.9 Å². The van der Waals surface area contributed by atoms with Gasteiger partial charge in [-0.3, -0.25) is 4.79 Å². The minimum Gasteiger partial charge on any atom is -0.467 e. The molecule has 2 atom stereocenters. The van der Waals surface area contributed by atoms with Gasteiger partial charge in [-0.25, -0.2) is 4.79 Å². The fourth-order valence-corrected chi connectivity index (χ4v) is 3.14. The van der Waals surface area contributed by atoms with E-state index in [1.165, 1.54) is 12.0 Å². The lowest BCUT2D eigenvalue weighted by Gasteiger charge is -2.22. The van der Waals surface area contributed by atoms with Crippen molar-refractivity contribution in [2.24, 2.45) is 0 Å². The number of nitrogens with zero attached hydrogens (tertiary/aromatic N) is 2. The summed E-state index contributed by atoms with van der Waals surface area (Å²) in [4.78, 5) is 26.5. The molecule has 1 heterocycles. The van der Waals surface area contributed by atoms with E-state index in [4.69, 9.17) is 14.7 Å². The zero-order valence-corrected chi connectivity index (χ0v) is 15.0. The number of benzene rings is 2. The predicted octanol–water partition coefficient (Wildman–Crippen LogP) is 2.53. The summed E-state index contributed by atoms with van der Waals surface area (Å²) in [5.41, 5.74) is 1.93. The second-order valence-electron chi connectivity index (χ2n) is 6.34. The summed E-state index contributed by atoms with van der Waals surface area (Å²) in [7, 11) is 1.31. The van der Waals surface area contributed by atoms with Crippen molar-refractivity contribution >= 4 is 11.9 Å². The van der Waals surface area contributed by atoms with E-state index in [1.54, 1.807) is 24.3 Å². The lowest BCUT2D eigenvalue weighted by Crippen LogP contribution is -2.41. The summed E-state index contributed by atoms with van der Waals surface area (Å²) in [5.74, 6) is -0.733. The van der Waals surface area contributed by atoms with Crippen LogP contribution in [-0.4, -0.2) is 42.6 Å². The van der Waals surface area contributed by atoms with Crippen LogP contribution < -0.4 is 0 Å². The van der Waals surface area contributed by atoms with Crippen molar-refractivity contribution in [3.05, 3.63) is 71.3 Å². The minimum atomic E-state index is -0.682. The average molecular weight is 364 g/mol. The van der Waals surface area contributed by atoms with Gasteiger partial charge in [0, 0.05) is 18.5 Å². The molecule has 1 fully saturated rings. The van der Waals surface area contributed by atoms with E-state index in [9.17, 15) is 9.59 Å². The van der Waals surface area contributed by atoms with E-state index in [0.717, 1.165) is 5.56 Å². The summed E-state index contributed by atoms with van der Waals surface area (Å²) >= 11 is 0. The molecular formula is C21H20N2O4. The zero-order chi connectivity index (χ0) is 19.2. The first kappa shape index (κ1) is 18.6. The monoisotopic (exact) mass is 364 g/mol. The third kappa shape index (κ3) is 4.33. The molecule has 0 saturated carbocycles. The second-order valence-corrected chi connectivity index (χ2v) is 6.34. The molecule has 1 saturated heterocycles. The molecule has 0 bridgehead atoms. The number of carbonyl (C=O) groups is 2. The highest BCUT2D eigenvalue weighted by atomic mass is 16.5. The normalized spacial score (nSPS) is 18.7. The molecule has 2 aromatic rings. The van der Waals surface area contributed by atoms with Crippen molar-refractivity contribution in [3.63, 3.8) is 0 Å². The van der Waals surface area contributed by atoms with Gasteiger partial charge < -0.3 is 14.4 Å². The first-order chi connectivity index (χ1) is 13.1. The molecule has 0 aliphatic carbocycles. The van der Waals surface area contributed by atoms with Crippen LogP contribution in [0.15, 0.2) is 54.6 Å². The molecule has 0 N–H and O–H groups in total. The number of esters is 1. The van der Waals surface area contributed by atoms with Crippen molar-refractivity contribution in [3.8, 4) is 6.07 Å². The van der Waals surface area contributed by atoms with Gasteiger partial charge in [0.2, 0.25) is 0 Å². The number of ether oxygens (including phenoxy) is 2. The topological polar surface area (TPSA) is 79.6 Å². The first-order valence-corrected chi connectivity index (χ1v) is 8.67. The first-order valence-electron chi connectivity index (χ1n) is 8.67. The molecule has 1 aliphatic rings. The van der Waals surface area contributed by atoms with Gasteiger partial charge in [0.05, 0.1) is 31.5 Å². The van der Waals surface area contributed by atoms with Crippen LogP contribution in [0.2, 0.25) is 0 Å². The van der Waals surface area contributed by atoms with E-state index in [1.807, 2.05) is 36.4 Å². The Kier molecular flexibility index (Phi) is 5.84. The van der Waals surface area contributed by atoms with Crippen LogP contribution in [0.5, 0.6) is 0 Å². The summed E-state index contributed by atoms with van der Waals surface area (Å²) < 4.78 is 10.8. The molecule has 0 aromatic heterocycles. The number of carbonyl (C=O) groups excluding carboxylic acids is 2. The minimum absolute atomic E-state index is 0.253. The van der Waals surface area contributed by atoms with Crippen molar-refractivity contribution in [1.29, 1.82) is 5.26 Å². The molecule has 6 nitrogen and oxygen atoms in total. The van der Waals surface area contributed by atoms with Gasteiger partial charge in [0.25, 0.3) is 5.91 Å². The van der Waals surface area contributed by atoms with E-state index in [0.29, 0.717) is 30.7 Å². The summed E-state index contributed by atoms with van der Waals surface area (Å²) in [6.07, 6.45) is 0.137. The van der Waals surface area contributed by atoms with Gasteiger partial charge in [-0.05, 0) is 29.8 Å². The van der Waals surface area contributed by atoms with E-state index in [-0.39, 0.29) is 12.0 Å². The number of likely N-dealkylation sites (tertiary alicyclic amines) is 1. The number of amides is 1. The fourth-order valence-electron chi connectivity index (χ4n) is 3.14. The smallest absolute Gasteiger partial charge is 0.328 e. The number of nitriles is 1. The molecule has 6 heteroatoms. The third-order valence-electron chi connectivity index (χ3n) is 4.59. The van der Waals surface area contributed by atoms with Crippen LogP contribution in [0.4, 0.5) is 0 Å². The largest absolute Gasteiger partial charge is 0.467 e. The van der Waals surface area contributed by atoms with E-state index >= 15 is 0 Å². The van der Waals surface area contributed by atoms with Crippen molar-refractivity contribution in [1.82, 2.24) is 4.90 Å². The number of hydrogen-bond donors (Lipinski definition) is 0. The van der Waals surface area contributed by atoms with E-state index in [2.05, 4.69) is 0 Å². The van der Waals surface area contributed by atoms with Crippen molar-refractivity contribution < 1.29 is 19.1 Å². The lowest BCUT2D eigenvalue weighted by atomic mass is 10.1. The van der Waals surface area contributed by atoms with Crippen LogP contribution in [-0.2, 0) is 20.9 Å². The number of rotatable bonds is 5. The molecule has 1 aliphatic heterocycles. The van der Waals surface area contributed by atoms with Gasteiger partial charge in [-0.1, -0.05) is 30.3 Å². The van der Waals surface area contributed by atoms with Crippen LogP contribution >= 0.6 is 0 Å². The lowest BCUT2D eigenvalue weighted by molar-refractivity contribution is -0.145. The molecule has 138 valence electrons. The molecule has 0 unspecified atom stereocenters. The van der Waals surface area contributed by atoms with Crippen LogP contribution in [0.25, 0.3) is 0 Å². The molecule has 3 rings (SSSR count). The van der Waals surface area contributed by atoms with Gasteiger partial charge in [0.1, 0.15) is 6.04 Å². The molecule has 0 radical (unpaired) electrons. The van der Waals surface area contributed by atoms with Crippen LogP contribution in [0.3, 0.4) is 0 Å². The highest BCUT2D eigenvalue weighted by Crippen LogP contribution is 2.25. The Morgan fingerprint density at radius 2 is 1.85 bits per heavy atom. The standard InChI is InChI=1S/C21H20N2O4/c1-26-21(25)19-11-18(27-14-16-5-3-2-4-6-16)13-23(19)20(24)17-9-7-15(12-22)8-10-17/h2-10,18-19H,11,13-14H2,1H3/t18-,19+/m1/s1. The maximum absolute atomic E-state index is 12.9. The van der Waals surface area contributed by atoms with Crippen molar-refractivity contribution in [2.75, 3.05) is 13.7 Å². The van der Waals surface area contributed by atoms with Gasteiger partial charge in [-0.15, -0.1) is 0 Å². The second kappa shape index (κ2) is 8.47. The fraction of sp³-hybridized carbons (Fsp3) is 0.286. The Morgan fingerprint density at radius 3 is 2.48 bits per heavy atom. The van der Waals surface area contributed by atoms with Crippen molar-refractivity contribution in [2.45, 2.75) is 25.2 Å². The number of hydrogen-bond acceptors (Lipinski definition) is 5. The van der Waals surface area contributed by atoms with Crippen LogP contribution in [0, 0.1) is 11.3 Å². The summed E-state index contributed by atoms with van der Waals surface area (Å²) in [5, 5.41) is 8.89. The zero-order valence-electron chi connectivity index (χ0n) is 15.0. The number of methoxy groups -OCH3 is 1. The quantitative estimate of drug-likeness (QED) is 0.762. The Labute approximate surface area is 157 Å². The Bertz CT molecular complexity index is 843. The predicted molar refractivity (Wildman–Crippen MR) is 97.6 cm³/mol. The van der Waals surface area contributed by atoms with E-state index < -0.39 is 12.0 Å². The molecule has 0 spiro atoms. The van der Waals surface area contributed by atoms with Gasteiger partial charge in [-0.2, -0.15) is 5.26 Å². The summed E-state index contributed by atoms with van der Waals surface area (Å²) in [6, 6.07) is 17.4. The summed E-state index contributed by atoms with van der Waals surface area (Å²) in [6.45, 7) is 0.726. The Hall–Kier alpha value is -3.17. The molecule has 27 heavy (non-hydrogen) atoms. The maximum Gasteiger partial charge on any atom is 0.328 e. The maximum atomic E-state index is 12.9. The van der Waals surface area contributed by atoms with Gasteiger partial charge in [0.15, 0.2) is 0 Å². The average Bonchev–Trinajstić information content (AvgIpc) is 3.16. The highest BCUT2D eigenvalue weighted by Gasteiger charge is 2.41. The molecular weight excluding hydrogens is 344 g/mol. The SMILES string of the molecule is COC(=O)[C@@H]1C[C@@H](OCc2ccccc2)CN1C(=O)c1ccc(C#N)cc1. The Morgan fingerprint density at radius 1 is 1.15 bits per heavy atom. The molecule has 1 amide bonds. The third-order valence-corrected chi connectivity index (χ3v) is 4.59. The van der Waals surface area contributed by atoms with Gasteiger partial charge >= 0.3 is 5.97 Å². The molecule has 2 aromatic carbocycles. The highest BCUT2D eigenvalue weighted by molar-refractivity contribution is 5.97. The Balaban J connectivity index is 1.72.